The summed E-state index contributed by atoms with van der Waals surface area (Å²) in [5.74, 6) is 0.362. The Morgan fingerprint density at radius 2 is 1.68 bits per heavy atom. The predicted molar refractivity (Wildman–Crippen MR) is 96.0 cm³/mol. The fraction of sp³-hybridized carbons (Fsp3) is 0.467. The number of piperazine rings is 1. The van der Waals surface area contributed by atoms with Gasteiger partial charge in [-0.25, -0.2) is 8.42 Å². The van der Waals surface area contributed by atoms with Gasteiger partial charge in [-0.15, -0.1) is 0 Å². The molecular formula is C15H18ClN3O4S2. The van der Waals surface area contributed by atoms with Crippen molar-refractivity contribution in [3.8, 4) is 0 Å². The molecule has 2 aliphatic heterocycles. The molecule has 2 aliphatic rings. The van der Waals surface area contributed by atoms with Crippen LogP contribution in [0.15, 0.2) is 29.2 Å². The Labute approximate surface area is 155 Å². The first-order valence-electron chi connectivity index (χ1n) is 7.83. The molecule has 2 heterocycles. The van der Waals surface area contributed by atoms with E-state index in [0.717, 1.165) is 11.8 Å². The molecule has 0 radical (unpaired) electrons. The van der Waals surface area contributed by atoms with Crippen molar-refractivity contribution in [2.24, 2.45) is 0 Å². The van der Waals surface area contributed by atoms with Crippen LogP contribution in [0.2, 0.25) is 5.02 Å². The zero-order valence-corrected chi connectivity index (χ0v) is 15.8. The number of hydrogen-bond acceptors (Lipinski definition) is 6. The summed E-state index contributed by atoms with van der Waals surface area (Å²) >= 11 is 6.95. The van der Waals surface area contributed by atoms with Crippen molar-refractivity contribution in [1.29, 1.82) is 0 Å². The Morgan fingerprint density at radius 1 is 1.04 bits per heavy atom. The van der Waals surface area contributed by atoms with Crippen molar-refractivity contribution >= 4 is 44.5 Å². The van der Waals surface area contributed by atoms with Crippen LogP contribution in [0.4, 0.5) is 4.79 Å². The number of carbonyl (C=O) groups excluding carboxylic acids is 2. The lowest BCUT2D eigenvalue weighted by molar-refractivity contribution is -0.129. The summed E-state index contributed by atoms with van der Waals surface area (Å²) in [6.45, 7) is 1.78. The van der Waals surface area contributed by atoms with E-state index in [-0.39, 0.29) is 22.7 Å². The fourth-order valence-electron chi connectivity index (χ4n) is 2.74. The van der Waals surface area contributed by atoms with Crippen LogP contribution in [0.3, 0.4) is 0 Å². The first-order chi connectivity index (χ1) is 11.9. The van der Waals surface area contributed by atoms with E-state index in [1.807, 2.05) is 4.90 Å². The molecule has 3 rings (SSSR count). The lowest BCUT2D eigenvalue weighted by atomic mass is 10.3. The number of amides is 2. The van der Waals surface area contributed by atoms with E-state index in [9.17, 15) is 18.0 Å². The van der Waals surface area contributed by atoms with Crippen molar-refractivity contribution in [3.05, 3.63) is 29.3 Å². The Morgan fingerprint density at radius 3 is 2.28 bits per heavy atom. The van der Waals surface area contributed by atoms with Gasteiger partial charge in [-0.2, -0.15) is 4.31 Å². The SMILES string of the molecule is O=C1CCSC(=O)N1CN1CCN(S(=O)(=O)c2ccc(Cl)cc2)CC1. The monoisotopic (exact) mass is 403 g/mol. The molecule has 2 saturated heterocycles. The summed E-state index contributed by atoms with van der Waals surface area (Å²) in [6, 6.07) is 6.09. The van der Waals surface area contributed by atoms with E-state index in [1.54, 1.807) is 12.1 Å². The minimum absolute atomic E-state index is 0.167. The Balaban J connectivity index is 1.60. The first-order valence-corrected chi connectivity index (χ1v) is 10.6. The minimum atomic E-state index is -3.56. The van der Waals surface area contributed by atoms with E-state index < -0.39 is 10.0 Å². The summed E-state index contributed by atoms with van der Waals surface area (Å²) < 4.78 is 26.7. The third kappa shape index (κ3) is 4.17. The van der Waals surface area contributed by atoms with Gasteiger partial charge in [-0.05, 0) is 24.3 Å². The Kier molecular flexibility index (Phi) is 5.69. The van der Waals surface area contributed by atoms with Gasteiger partial charge < -0.3 is 0 Å². The van der Waals surface area contributed by atoms with Crippen LogP contribution in [0.5, 0.6) is 0 Å². The standard InChI is InChI=1S/C15H18ClN3O4S2/c16-12-1-3-13(4-2-12)25(22,23)18-8-6-17(7-9-18)11-19-14(20)5-10-24-15(19)21/h1-4H,5-11H2. The van der Waals surface area contributed by atoms with Crippen molar-refractivity contribution < 1.29 is 18.0 Å². The second-order valence-electron chi connectivity index (χ2n) is 5.80. The summed E-state index contributed by atoms with van der Waals surface area (Å²) in [5, 5.41) is 0.255. The lowest BCUT2D eigenvalue weighted by Crippen LogP contribution is -2.53. The predicted octanol–water partition coefficient (Wildman–Crippen LogP) is 1.69. The zero-order valence-electron chi connectivity index (χ0n) is 13.4. The number of nitrogens with zero attached hydrogens (tertiary/aromatic N) is 3. The van der Waals surface area contributed by atoms with E-state index in [2.05, 4.69) is 0 Å². The molecule has 0 unspecified atom stereocenters. The van der Waals surface area contributed by atoms with Crippen LogP contribution in [0.25, 0.3) is 0 Å². The number of thioether (sulfide) groups is 1. The molecule has 0 bridgehead atoms. The second kappa shape index (κ2) is 7.63. The number of benzene rings is 1. The first kappa shape index (κ1) is 18.7. The maximum Gasteiger partial charge on any atom is 0.289 e. The Bertz CT molecular complexity index is 745. The lowest BCUT2D eigenvalue weighted by Gasteiger charge is -2.37. The number of rotatable bonds is 4. The van der Waals surface area contributed by atoms with Gasteiger partial charge in [0.15, 0.2) is 0 Å². The quantitative estimate of drug-likeness (QED) is 0.761. The molecule has 0 aliphatic carbocycles. The molecule has 25 heavy (non-hydrogen) atoms. The molecule has 0 aromatic heterocycles. The van der Waals surface area contributed by atoms with Gasteiger partial charge in [0.25, 0.3) is 5.24 Å². The number of sulfonamides is 1. The van der Waals surface area contributed by atoms with Crippen LogP contribution in [-0.2, 0) is 14.8 Å². The van der Waals surface area contributed by atoms with Gasteiger partial charge in [0.05, 0.1) is 11.6 Å². The highest BCUT2D eigenvalue weighted by Gasteiger charge is 2.32. The molecule has 2 amide bonds. The van der Waals surface area contributed by atoms with Crippen LogP contribution < -0.4 is 0 Å². The molecule has 0 N–H and O–H groups in total. The molecule has 1 aromatic rings. The molecule has 1 aromatic carbocycles. The third-order valence-corrected chi connectivity index (χ3v) is 7.23. The van der Waals surface area contributed by atoms with Crippen LogP contribution in [0.1, 0.15) is 6.42 Å². The van der Waals surface area contributed by atoms with Crippen molar-refractivity contribution in [3.63, 3.8) is 0 Å². The zero-order chi connectivity index (χ0) is 18.0. The van der Waals surface area contributed by atoms with Crippen molar-refractivity contribution in [2.45, 2.75) is 11.3 Å². The molecular weight excluding hydrogens is 386 g/mol. The van der Waals surface area contributed by atoms with E-state index >= 15 is 0 Å². The molecule has 136 valence electrons. The number of hydrogen-bond donors (Lipinski definition) is 0. The maximum absolute atomic E-state index is 12.6. The highest BCUT2D eigenvalue weighted by Crippen LogP contribution is 2.22. The van der Waals surface area contributed by atoms with Gasteiger partial charge >= 0.3 is 0 Å². The average Bonchev–Trinajstić information content (AvgIpc) is 2.59. The van der Waals surface area contributed by atoms with Gasteiger partial charge in [0.2, 0.25) is 15.9 Å². The number of halogens is 1. The number of carbonyl (C=O) groups is 2. The normalized spacial score (nSPS) is 20.9. The van der Waals surface area contributed by atoms with Crippen molar-refractivity contribution in [1.82, 2.24) is 14.1 Å². The highest BCUT2D eigenvalue weighted by molar-refractivity contribution is 8.13. The average molecular weight is 404 g/mol. The third-order valence-electron chi connectivity index (χ3n) is 4.19. The fourth-order valence-corrected chi connectivity index (χ4v) is 5.06. The van der Waals surface area contributed by atoms with Crippen LogP contribution in [0, 0.1) is 0 Å². The van der Waals surface area contributed by atoms with Gasteiger partial charge in [0.1, 0.15) is 0 Å². The number of imide groups is 1. The molecule has 0 saturated carbocycles. The van der Waals surface area contributed by atoms with E-state index in [1.165, 1.54) is 21.3 Å². The summed E-state index contributed by atoms with van der Waals surface area (Å²) in [7, 11) is -3.56. The topological polar surface area (TPSA) is 78.0 Å². The summed E-state index contributed by atoms with van der Waals surface area (Å²) in [5.41, 5.74) is 0. The molecule has 0 atom stereocenters. The molecule has 0 spiro atoms. The van der Waals surface area contributed by atoms with Gasteiger partial charge in [-0.3, -0.25) is 19.4 Å². The second-order valence-corrected chi connectivity index (χ2v) is 9.22. The minimum Gasteiger partial charge on any atom is -0.283 e. The summed E-state index contributed by atoms with van der Waals surface area (Å²) in [6.07, 6.45) is 0.362. The van der Waals surface area contributed by atoms with Crippen LogP contribution in [-0.4, -0.2) is 72.3 Å². The van der Waals surface area contributed by atoms with Gasteiger partial charge in [0, 0.05) is 43.4 Å². The molecule has 2 fully saturated rings. The van der Waals surface area contributed by atoms with Crippen molar-refractivity contribution in [2.75, 3.05) is 38.6 Å². The van der Waals surface area contributed by atoms with E-state index in [0.29, 0.717) is 43.4 Å². The maximum atomic E-state index is 12.6. The largest absolute Gasteiger partial charge is 0.289 e. The molecule has 7 nitrogen and oxygen atoms in total. The molecule has 10 heteroatoms. The highest BCUT2D eigenvalue weighted by atomic mass is 35.5. The van der Waals surface area contributed by atoms with Crippen LogP contribution >= 0.6 is 23.4 Å². The smallest absolute Gasteiger partial charge is 0.283 e. The summed E-state index contributed by atoms with van der Waals surface area (Å²) in [4.78, 5) is 27.1. The van der Waals surface area contributed by atoms with E-state index in [4.69, 9.17) is 11.6 Å². The van der Waals surface area contributed by atoms with Gasteiger partial charge in [-0.1, -0.05) is 23.4 Å². The Hall–Kier alpha value is -1.13.